The molecule has 0 bridgehead atoms. The molecule has 0 spiro atoms. The summed E-state index contributed by atoms with van der Waals surface area (Å²) in [7, 11) is 0. The Kier molecular flexibility index (Phi) is 6.76. The van der Waals surface area contributed by atoms with Gasteiger partial charge in [0.15, 0.2) is 0 Å². The monoisotopic (exact) mass is 944 g/mol. The van der Waals surface area contributed by atoms with E-state index in [0.717, 1.165) is 106 Å². The number of nitrogens with zero attached hydrogens (tertiary/aromatic N) is 4. The van der Waals surface area contributed by atoms with E-state index in [1.807, 2.05) is 18.2 Å². The number of furan rings is 2. The molecule has 13 rings (SSSR count). The second-order valence-electron chi connectivity index (χ2n) is 18.2. The van der Waals surface area contributed by atoms with Crippen molar-refractivity contribution in [2.45, 2.75) is 64.2 Å². The first kappa shape index (κ1) is 35.0. The summed E-state index contributed by atoms with van der Waals surface area (Å²) < 4.78 is 18.1. The molecule has 0 saturated heterocycles. The van der Waals surface area contributed by atoms with Crippen molar-refractivity contribution in [3.63, 3.8) is 0 Å². The van der Waals surface area contributed by atoms with Crippen LogP contribution in [0, 0.1) is 18.5 Å². The Balaban J connectivity index is 0.00000377. The molecule has 2 aliphatic heterocycles. The van der Waals surface area contributed by atoms with Crippen molar-refractivity contribution in [2.75, 3.05) is 0 Å². The normalized spacial score (nSPS) is 16.2. The van der Waals surface area contributed by atoms with Gasteiger partial charge in [-0.25, -0.2) is 0 Å². The molecule has 2 aliphatic rings. The minimum absolute atomic E-state index is 0. The van der Waals surface area contributed by atoms with Crippen LogP contribution in [0.15, 0.2) is 112 Å². The van der Waals surface area contributed by atoms with Crippen molar-refractivity contribution in [1.29, 1.82) is 0 Å². The minimum Gasteiger partial charge on any atom is -0.511 e. The summed E-state index contributed by atoms with van der Waals surface area (Å²) in [4.78, 5) is 10.4. The molecule has 0 amide bonds. The van der Waals surface area contributed by atoms with E-state index in [1.54, 1.807) is 0 Å². The average molecular weight is 945 g/mol. The quantitative estimate of drug-likeness (QED) is 0.128. The predicted octanol–water partition coefficient (Wildman–Crippen LogP) is 12.8. The smallest absolute Gasteiger partial charge is 0.0833 e. The van der Waals surface area contributed by atoms with Gasteiger partial charge in [0.1, 0.15) is 0 Å². The summed E-state index contributed by atoms with van der Waals surface area (Å²) in [6, 6.07) is 44.1. The van der Waals surface area contributed by atoms with Crippen molar-refractivity contribution in [2.24, 2.45) is 0 Å². The minimum atomic E-state index is -0.283. The molecule has 290 valence electrons. The molecule has 7 heteroatoms. The fourth-order valence-corrected chi connectivity index (χ4v) is 10.6. The SMILES string of the molecule is CC1(C)Cc2cccc3c4cc5oc6ccc7oc8cc9c([c-]c8c7c6c5[c-]c4c4nc(-c5ccccc5)c1n4c23)-n1[c-]nc(-c2ccccc2)c1C(C)(C)C9(C)C.[Pt]. The Hall–Kier alpha value is -5.97. The third-order valence-electron chi connectivity index (χ3n) is 14.0. The molecule has 0 saturated carbocycles. The fraction of sp³-hybridized carbons (Fsp3) is 0.192. The summed E-state index contributed by atoms with van der Waals surface area (Å²) >= 11 is 0. The maximum Gasteiger partial charge on any atom is 0.0833 e. The summed E-state index contributed by atoms with van der Waals surface area (Å²) in [6.07, 6.45) is 4.33. The van der Waals surface area contributed by atoms with Crippen molar-refractivity contribution in [3.05, 3.63) is 144 Å². The molecule has 0 atom stereocenters. The zero-order valence-corrected chi connectivity index (χ0v) is 35.7. The van der Waals surface area contributed by atoms with E-state index in [9.17, 15) is 0 Å². The number of benzene rings is 6. The predicted molar refractivity (Wildman–Crippen MR) is 232 cm³/mol. The standard InChI is InChI=1S/C52H37N4O2.Pt/c1-50(2)26-30-18-13-19-31-32-24-40-34(22-33(32)49-54-45(29-16-11-8-12-17-29)47(50)56(49)46(30)31)42-38(57-40)20-21-39-43(42)35-23-37-36(25-41(35)58-39)51(3,4)52(5,6)48-44(53-27-55(37)48)28-14-9-7-10-15-28;/h7-21,24-25H,26H2,1-6H3;/q-3;. The van der Waals surface area contributed by atoms with E-state index in [1.165, 1.54) is 22.2 Å². The number of imidazole rings is 2. The first-order valence-corrected chi connectivity index (χ1v) is 20.1. The van der Waals surface area contributed by atoms with Gasteiger partial charge in [-0.05, 0) is 51.6 Å². The third-order valence-corrected chi connectivity index (χ3v) is 14.0. The second kappa shape index (κ2) is 11.4. The molecule has 0 N–H and O–H groups in total. The Morgan fingerprint density at radius 2 is 1.25 bits per heavy atom. The van der Waals surface area contributed by atoms with Crippen LogP contribution >= 0.6 is 0 Å². The number of fused-ring (bicyclic) bond motifs is 13. The number of pyridine rings is 1. The maximum atomic E-state index is 6.77. The van der Waals surface area contributed by atoms with Crippen molar-refractivity contribution in [3.8, 4) is 28.2 Å². The van der Waals surface area contributed by atoms with Gasteiger partial charge in [-0.2, -0.15) is 6.07 Å². The molecule has 6 nitrogen and oxygen atoms in total. The number of hydrogen-bond donors (Lipinski definition) is 0. The van der Waals surface area contributed by atoms with Gasteiger partial charge in [-0.15, -0.1) is 28.8 Å². The fourth-order valence-electron chi connectivity index (χ4n) is 10.6. The van der Waals surface area contributed by atoms with E-state index < -0.39 is 0 Å². The zero-order valence-electron chi connectivity index (χ0n) is 33.4. The van der Waals surface area contributed by atoms with Gasteiger partial charge in [0.25, 0.3) is 0 Å². The van der Waals surface area contributed by atoms with Gasteiger partial charge >= 0.3 is 0 Å². The number of aromatic nitrogens is 4. The van der Waals surface area contributed by atoms with Crippen LogP contribution in [0.25, 0.3) is 99.4 Å². The molecule has 6 aromatic carbocycles. The molecule has 7 heterocycles. The van der Waals surface area contributed by atoms with Crippen LogP contribution in [-0.2, 0) is 43.7 Å². The van der Waals surface area contributed by atoms with Gasteiger partial charge < -0.3 is 22.8 Å². The number of para-hydroxylation sites is 1. The number of rotatable bonds is 2. The van der Waals surface area contributed by atoms with Crippen LogP contribution in [0.4, 0.5) is 0 Å². The van der Waals surface area contributed by atoms with E-state index >= 15 is 0 Å². The van der Waals surface area contributed by atoms with Gasteiger partial charge in [0.05, 0.1) is 28.1 Å². The Bertz CT molecular complexity index is 3620. The van der Waals surface area contributed by atoms with Crippen LogP contribution in [-0.4, -0.2) is 18.9 Å². The van der Waals surface area contributed by atoms with Crippen LogP contribution < -0.4 is 0 Å². The Morgan fingerprint density at radius 3 is 1.95 bits per heavy atom. The largest absolute Gasteiger partial charge is 0.511 e. The van der Waals surface area contributed by atoms with Gasteiger partial charge in [-0.1, -0.05) is 159 Å². The zero-order chi connectivity index (χ0) is 39.0. The summed E-state index contributed by atoms with van der Waals surface area (Å²) in [5.74, 6) is 0. The van der Waals surface area contributed by atoms with Gasteiger partial charge in [0, 0.05) is 55.2 Å². The first-order valence-electron chi connectivity index (χ1n) is 20.1. The first-order chi connectivity index (χ1) is 28.0. The van der Waals surface area contributed by atoms with Crippen molar-refractivity contribution >= 4 is 71.2 Å². The molecule has 11 aromatic rings. The maximum absolute atomic E-state index is 6.77. The van der Waals surface area contributed by atoms with E-state index in [-0.39, 0.29) is 37.3 Å². The molecule has 0 radical (unpaired) electrons. The van der Waals surface area contributed by atoms with Crippen LogP contribution in [0.2, 0.25) is 0 Å². The molecule has 59 heavy (non-hydrogen) atoms. The molecule has 0 aliphatic carbocycles. The Labute approximate surface area is 354 Å². The average Bonchev–Trinajstić information content (AvgIpc) is 4.01. The van der Waals surface area contributed by atoms with E-state index in [2.05, 4.69) is 154 Å². The summed E-state index contributed by atoms with van der Waals surface area (Å²) in [5, 5.41) is 6.98. The van der Waals surface area contributed by atoms with Crippen molar-refractivity contribution in [1.82, 2.24) is 18.9 Å². The molecule has 0 unspecified atom stereocenters. The Morgan fingerprint density at radius 1 is 0.610 bits per heavy atom. The van der Waals surface area contributed by atoms with E-state index in [0.29, 0.717) is 0 Å². The van der Waals surface area contributed by atoms with Crippen LogP contribution in [0.3, 0.4) is 0 Å². The summed E-state index contributed by atoms with van der Waals surface area (Å²) in [6.45, 7) is 13.9. The molecular weight excluding hydrogens is 908 g/mol. The van der Waals surface area contributed by atoms with E-state index in [4.69, 9.17) is 18.8 Å². The van der Waals surface area contributed by atoms with Gasteiger partial charge in [-0.3, -0.25) is 4.98 Å². The second-order valence-corrected chi connectivity index (χ2v) is 18.2. The van der Waals surface area contributed by atoms with Crippen LogP contribution in [0.1, 0.15) is 64.1 Å². The number of hydrogen-bond acceptors (Lipinski definition) is 4. The molecule has 0 fully saturated rings. The van der Waals surface area contributed by atoms with Gasteiger partial charge in [0.2, 0.25) is 0 Å². The van der Waals surface area contributed by atoms with Crippen LogP contribution in [0.5, 0.6) is 0 Å². The molecular formula is C52H37N4O2Pt-3. The third kappa shape index (κ3) is 4.30. The summed E-state index contributed by atoms with van der Waals surface area (Å²) in [5.41, 5.74) is 14.6. The molecule has 5 aromatic heterocycles. The van der Waals surface area contributed by atoms with Crippen molar-refractivity contribution < 1.29 is 29.9 Å². The topological polar surface area (TPSA) is 61.4 Å².